The largest absolute Gasteiger partial charge is 2.00 e. The van der Waals surface area contributed by atoms with Crippen molar-refractivity contribution in [2.45, 2.75) is 0 Å². The van der Waals surface area contributed by atoms with E-state index in [2.05, 4.69) is 0 Å². The second-order valence-corrected chi connectivity index (χ2v) is 0. The fraction of sp³-hybridized carbons (Fsp3) is 0. The van der Waals surface area contributed by atoms with Gasteiger partial charge >= 0.3 is 91.0 Å². The first kappa shape index (κ1) is 68.3. The molecule has 0 radical (unpaired) electrons. The molecule has 0 aliphatic heterocycles. The molecule has 6 heavy (non-hydrogen) atoms. The van der Waals surface area contributed by atoms with Gasteiger partial charge < -0.3 is 21.9 Å². The summed E-state index contributed by atoms with van der Waals surface area (Å²) in [6.07, 6.45) is 0. The molecule has 0 atom stereocenters. The zero-order chi connectivity index (χ0) is 0. The summed E-state index contributed by atoms with van der Waals surface area (Å²) in [5, 5.41) is 0. The molecule has 4 N–H and O–H groups in total. The summed E-state index contributed by atoms with van der Waals surface area (Å²) < 4.78 is 0. The van der Waals surface area contributed by atoms with Crippen molar-refractivity contribution in [2.24, 2.45) is 0 Å². The second-order valence-electron chi connectivity index (χ2n) is 0. The van der Waals surface area contributed by atoms with Crippen LogP contribution in [0.15, 0.2) is 0 Å². The molecule has 0 aliphatic carbocycles. The van der Waals surface area contributed by atoms with Crippen LogP contribution in [0.2, 0.25) is 0 Å². The summed E-state index contributed by atoms with van der Waals surface area (Å²) in [5.74, 6) is 0. The van der Waals surface area contributed by atoms with Crippen molar-refractivity contribution < 1.29 is 21.9 Å². The average molecular weight is 243 g/mol. The van der Waals surface area contributed by atoms with Gasteiger partial charge in [-0.2, -0.15) is 0 Å². The molecular weight excluding hydrogens is 239 g/mol. The minimum atomic E-state index is 0. The molecule has 0 unspecified atom stereocenters. The van der Waals surface area contributed by atoms with Crippen LogP contribution in [0, 0.1) is 0 Å². The van der Waals surface area contributed by atoms with Crippen molar-refractivity contribution in [1.29, 1.82) is 0 Å². The Bertz CT molecular complexity index is 5.51. The third-order valence-corrected chi connectivity index (χ3v) is 0. The predicted molar refractivity (Wildman–Crippen MR) is 19.3 cm³/mol. The van der Waals surface area contributed by atoms with Crippen molar-refractivity contribution in [1.82, 2.24) is 0 Å². The van der Waals surface area contributed by atoms with Crippen molar-refractivity contribution >= 4 is 91.0 Å². The molecule has 0 heterocycles. The molecular formula is H4O4Sr2. The molecule has 0 rings (SSSR count). The molecule has 0 saturated heterocycles. The quantitative estimate of drug-likeness (QED) is 0.482. The first-order valence-corrected chi connectivity index (χ1v) is 0. The van der Waals surface area contributed by atoms with Crippen molar-refractivity contribution in [2.75, 3.05) is 0 Å². The van der Waals surface area contributed by atoms with Gasteiger partial charge in [0.2, 0.25) is 0 Å². The fourth-order valence-electron chi connectivity index (χ4n) is 0. The molecule has 0 saturated carbocycles. The first-order chi connectivity index (χ1) is 0. The Morgan fingerprint density at radius 3 is 0.333 bits per heavy atom. The van der Waals surface area contributed by atoms with Crippen LogP contribution in [0.3, 0.4) is 0 Å². The molecule has 0 fully saturated rings. The van der Waals surface area contributed by atoms with Crippen molar-refractivity contribution in [3.05, 3.63) is 0 Å². The molecule has 32 valence electrons. The molecule has 4 nitrogen and oxygen atoms in total. The van der Waals surface area contributed by atoms with Gasteiger partial charge in [-0.1, -0.05) is 0 Å². The van der Waals surface area contributed by atoms with E-state index in [1.165, 1.54) is 0 Å². The summed E-state index contributed by atoms with van der Waals surface area (Å²) in [4.78, 5) is 0. The van der Waals surface area contributed by atoms with Gasteiger partial charge in [0.1, 0.15) is 0 Å². The SMILES string of the molecule is [OH-].[OH-].[OH-].[OH-].[Sr+2].[Sr+2]. The van der Waals surface area contributed by atoms with Gasteiger partial charge in [-0.05, 0) is 0 Å². The van der Waals surface area contributed by atoms with Crippen molar-refractivity contribution in [3.63, 3.8) is 0 Å². The predicted octanol–water partition coefficient (Wildman–Crippen LogP) is -1.47. The van der Waals surface area contributed by atoms with Crippen LogP contribution in [0.5, 0.6) is 0 Å². The Morgan fingerprint density at radius 1 is 0.333 bits per heavy atom. The van der Waals surface area contributed by atoms with Gasteiger partial charge in [0.05, 0.1) is 0 Å². The van der Waals surface area contributed by atoms with Gasteiger partial charge in [-0.25, -0.2) is 0 Å². The van der Waals surface area contributed by atoms with Crippen LogP contribution in [-0.2, 0) is 0 Å². The summed E-state index contributed by atoms with van der Waals surface area (Å²) in [6, 6.07) is 0. The minimum Gasteiger partial charge on any atom is -0.870 e. The van der Waals surface area contributed by atoms with E-state index in [1.54, 1.807) is 0 Å². The maximum atomic E-state index is 0. The normalized spacial score (nSPS) is 0. The van der Waals surface area contributed by atoms with E-state index in [-0.39, 0.29) is 113 Å². The third kappa shape index (κ3) is 29.2. The number of hydrogen-bond acceptors (Lipinski definition) is 4. The monoisotopic (exact) mass is 244 g/mol. The molecule has 0 bridgehead atoms. The van der Waals surface area contributed by atoms with E-state index in [0.717, 1.165) is 0 Å². The zero-order valence-corrected chi connectivity index (χ0v) is 10.2. The van der Waals surface area contributed by atoms with E-state index in [0.29, 0.717) is 0 Å². The Labute approximate surface area is 110 Å². The van der Waals surface area contributed by atoms with Crippen LogP contribution in [0.4, 0.5) is 0 Å². The van der Waals surface area contributed by atoms with Crippen LogP contribution >= 0.6 is 0 Å². The van der Waals surface area contributed by atoms with Crippen LogP contribution in [0.1, 0.15) is 0 Å². The Kier molecular flexibility index (Phi) is 523. The molecule has 0 aromatic carbocycles. The van der Waals surface area contributed by atoms with Gasteiger partial charge in [-0.15, -0.1) is 0 Å². The smallest absolute Gasteiger partial charge is 0.870 e. The van der Waals surface area contributed by atoms with E-state index in [4.69, 9.17) is 0 Å². The molecule has 0 spiro atoms. The standard InChI is InChI=1S/4H2O.2Sr/h4*1H2;;/q;;;;2*+2/p-4. The molecule has 0 aromatic heterocycles. The maximum absolute atomic E-state index is 0. The first-order valence-electron chi connectivity index (χ1n) is 0. The van der Waals surface area contributed by atoms with Gasteiger partial charge in [0.15, 0.2) is 0 Å². The van der Waals surface area contributed by atoms with Gasteiger partial charge in [0.25, 0.3) is 0 Å². The Morgan fingerprint density at radius 2 is 0.333 bits per heavy atom. The van der Waals surface area contributed by atoms with E-state index >= 15 is 0 Å². The van der Waals surface area contributed by atoms with Gasteiger partial charge in [-0.3, -0.25) is 0 Å². The number of hydrogen-bond donors (Lipinski definition) is 0. The number of rotatable bonds is 0. The van der Waals surface area contributed by atoms with Crippen LogP contribution in [0.25, 0.3) is 0 Å². The fourth-order valence-corrected chi connectivity index (χ4v) is 0. The van der Waals surface area contributed by atoms with Gasteiger partial charge in [0, 0.05) is 0 Å². The summed E-state index contributed by atoms with van der Waals surface area (Å²) in [7, 11) is 0. The molecule has 6 heteroatoms. The third-order valence-electron chi connectivity index (χ3n) is 0. The average Bonchev–Trinajstić information content (AvgIpc) is 0. The van der Waals surface area contributed by atoms with Crippen LogP contribution < -0.4 is 0 Å². The zero-order valence-electron chi connectivity index (χ0n) is 3.20. The molecule has 0 amide bonds. The molecule has 0 aromatic rings. The van der Waals surface area contributed by atoms with Crippen molar-refractivity contribution in [3.8, 4) is 0 Å². The summed E-state index contributed by atoms with van der Waals surface area (Å²) in [6.45, 7) is 0. The van der Waals surface area contributed by atoms with Crippen LogP contribution in [-0.4, -0.2) is 113 Å². The Balaban J connectivity index is 0. The second kappa shape index (κ2) is 46.0. The minimum absolute atomic E-state index is 0. The summed E-state index contributed by atoms with van der Waals surface area (Å²) in [5.41, 5.74) is 0. The topological polar surface area (TPSA) is 120 Å². The van der Waals surface area contributed by atoms with E-state index in [9.17, 15) is 0 Å². The van der Waals surface area contributed by atoms with E-state index < -0.39 is 0 Å². The molecule has 0 aliphatic rings. The maximum Gasteiger partial charge on any atom is 2.00 e. The van der Waals surface area contributed by atoms with E-state index in [1.807, 2.05) is 0 Å². The Hall–Kier alpha value is 2.80. The summed E-state index contributed by atoms with van der Waals surface area (Å²) >= 11 is 0.